The van der Waals surface area contributed by atoms with E-state index >= 15 is 0 Å². The van der Waals surface area contributed by atoms with Crippen molar-refractivity contribution in [2.24, 2.45) is 16.1 Å². The van der Waals surface area contributed by atoms with E-state index < -0.39 is 0 Å². The summed E-state index contributed by atoms with van der Waals surface area (Å²) in [6.45, 7) is 0. The van der Waals surface area contributed by atoms with Gasteiger partial charge in [0.2, 0.25) is 0 Å². The lowest BCUT2D eigenvalue weighted by Crippen LogP contribution is -2.18. The second-order valence-electron chi connectivity index (χ2n) is 5.71. The Labute approximate surface area is 139 Å². The molecule has 0 aliphatic heterocycles. The number of esters is 1. The second-order valence-corrected chi connectivity index (χ2v) is 5.71. The molecule has 1 aromatic carbocycles. The number of nitrogen functional groups attached to an aromatic ring is 2. The van der Waals surface area contributed by atoms with Crippen molar-refractivity contribution in [2.45, 2.75) is 25.7 Å². The van der Waals surface area contributed by atoms with Crippen molar-refractivity contribution in [1.29, 1.82) is 0 Å². The number of hydrogen-bond donors (Lipinski definition) is 2. The molecule has 1 fully saturated rings. The summed E-state index contributed by atoms with van der Waals surface area (Å²) < 4.78 is 5.39. The van der Waals surface area contributed by atoms with E-state index in [2.05, 4.69) is 15.2 Å². The van der Waals surface area contributed by atoms with Crippen LogP contribution in [0, 0.1) is 5.92 Å². The largest absolute Gasteiger partial charge is 0.422 e. The fraction of sp³-hybridized carbons (Fsp3) is 0.294. The van der Waals surface area contributed by atoms with Crippen molar-refractivity contribution in [3.05, 3.63) is 36.4 Å². The average molecular weight is 325 g/mol. The Kier molecular flexibility index (Phi) is 4.69. The van der Waals surface area contributed by atoms with Crippen LogP contribution in [-0.2, 0) is 4.79 Å². The molecule has 0 unspecified atom stereocenters. The highest BCUT2D eigenvalue weighted by atomic mass is 16.5. The van der Waals surface area contributed by atoms with Crippen LogP contribution < -0.4 is 16.2 Å². The molecule has 7 heteroatoms. The maximum absolute atomic E-state index is 12.2. The smallest absolute Gasteiger partial charge is 0.314 e. The monoisotopic (exact) mass is 325 g/mol. The molecule has 7 nitrogen and oxygen atoms in total. The summed E-state index contributed by atoms with van der Waals surface area (Å²) in [5.41, 5.74) is 12.6. The number of pyridine rings is 1. The van der Waals surface area contributed by atoms with Gasteiger partial charge in [-0.25, -0.2) is 4.98 Å². The van der Waals surface area contributed by atoms with Crippen LogP contribution in [0.2, 0.25) is 0 Å². The van der Waals surface area contributed by atoms with Gasteiger partial charge in [-0.3, -0.25) is 4.79 Å². The third-order valence-electron chi connectivity index (χ3n) is 3.95. The molecule has 24 heavy (non-hydrogen) atoms. The van der Waals surface area contributed by atoms with E-state index in [9.17, 15) is 4.79 Å². The molecule has 0 amide bonds. The summed E-state index contributed by atoms with van der Waals surface area (Å²) >= 11 is 0. The van der Waals surface area contributed by atoms with Gasteiger partial charge >= 0.3 is 5.97 Å². The summed E-state index contributed by atoms with van der Waals surface area (Å²) in [4.78, 5) is 16.1. The number of anilines is 2. The van der Waals surface area contributed by atoms with E-state index in [1.54, 1.807) is 0 Å². The standard InChI is InChI=1S/C17H19N5O2/c18-15-13(22-21-12-8-2-1-3-9-12)10-14(16(19)20-15)24-17(23)11-6-4-5-7-11/h1-3,8-11H,4-7H2,(H4,18,19,20)/b22-21+. The molecule has 1 aliphatic rings. The molecular formula is C17H19N5O2. The zero-order chi connectivity index (χ0) is 16.9. The molecular weight excluding hydrogens is 306 g/mol. The number of azo groups is 1. The van der Waals surface area contributed by atoms with Crippen molar-refractivity contribution < 1.29 is 9.53 Å². The number of ether oxygens (including phenoxy) is 1. The van der Waals surface area contributed by atoms with Crippen molar-refractivity contribution in [3.63, 3.8) is 0 Å². The summed E-state index contributed by atoms with van der Waals surface area (Å²) in [5.74, 6) is 0.0153. The third-order valence-corrected chi connectivity index (χ3v) is 3.95. The zero-order valence-electron chi connectivity index (χ0n) is 13.2. The number of carbonyl (C=O) groups is 1. The molecule has 0 spiro atoms. The molecule has 3 rings (SSSR count). The molecule has 1 aliphatic carbocycles. The molecule has 4 N–H and O–H groups in total. The van der Waals surface area contributed by atoms with Crippen LogP contribution in [0.4, 0.5) is 23.0 Å². The van der Waals surface area contributed by atoms with Gasteiger partial charge in [-0.1, -0.05) is 31.0 Å². The molecule has 1 aromatic heterocycles. The number of hydrogen-bond acceptors (Lipinski definition) is 7. The molecule has 1 saturated carbocycles. The maximum atomic E-state index is 12.2. The number of aromatic nitrogens is 1. The molecule has 124 valence electrons. The zero-order valence-corrected chi connectivity index (χ0v) is 13.2. The summed E-state index contributed by atoms with van der Waals surface area (Å²) in [5, 5.41) is 8.16. The minimum absolute atomic E-state index is 0.0671. The van der Waals surface area contributed by atoms with Gasteiger partial charge in [0.25, 0.3) is 0 Å². The van der Waals surface area contributed by atoms with Gasteiger partial charge in [0.05, 0.1) is 11.6 Å². The first-order chi connectivity index (χ1) is 11.6. The predicted octanol–water partition coefficient (Wildman–Crippen LogP) is 3.76. The van der Waals surface area contributed by atoms with Crippen molar-refractivity contribution >= 4 is 29.0 Å². The van der Waals surface area contributed by atoms with Gasteiger partial charge in [0.1, 0.15) is 5.69 Å². The Bertz CT molecular complexity index is 755. The first-order valence-electron chi connectivity index (χ1n) is 7.88. The van der Waals surface area contributed by atoms with Crippen LogP contribution in [0.3, 0.4) is 0 Å². The van der Waals surface area contributed by atoms with Crippen LogP contribution in [0.1, 0.15) is 25.7 Å². The van der Waals surface area contributed by atoms with Gasteiger partial charge < -0.3 is 16.2 Å². The Morgan fingerprint density at radius 3 is 2.50 bits per heavy atom. The number of rotatable bonds is 4. The van der Waals surface area contributed by atoms with Gasteiger partial charge in [-0.2, -0.15) is 5.11 Å². The lowest BCUT2D eigenvalue weighted by molar-refractivity contribution is -0.138. The summed E-state index contributed by atoms with van der Waals surface area (Å²) in [6.07, 6.45) is 3.79. The first kappa shape index (κ1) is 15.9. The summed E-state index contributed by atoms with van der Waals surface area (Å²) in [6, 6.07) is 10.7. The van der Waals surface area contributed by atoms with Gasteiger partial charge in [0.15, 0.2) is 17.4 Å². The van der Waals surface area contributed by atoms with Crippen molar-refractivity contribution in [2.75, 3.05) is 11.5 Å². The van der Waals surface area contributed by atoms with Gasteiger partial charge in [-0.15, -0.1) is 5.11 Å². The number of nitrogens with zero attached hydrogens (tertiary/aromatic N) is 3. The molecule has 1 heterocycles. The van der Waals surface area contributed by atoms with E-state index in [1.807, 2.05) is 30.3 Å². The lowest BCUT2D eigenvalue weighted by Gasteiger charge is -2.11. The van der Waals surface area contributed by atoms with E-state index in [0.717, 1.165) is 25.7 Å². The minimum atomic E-state index is -0.281. The molecule has 0 bridgehead atoms. The number of benzene rings is 1. The van der Waals surface area contributed by atoms with Gasteiger partial charge in [0, 0.05) is 6.07 Å². The van der Waals surface area contributed by atoms with Crippen molar-refractivity contribution in [1.82, 2.24) is 4.98 Å². The molecule has 0 saturated heterocycles. The summed E-state index contributed by atoms with van der Waals surface area (Å²) in [7, 11) is 0. The van der Waals surface area contributed by atoms with Crippen LogP contribution in [0.15, 0.2) is 46.6 Å². The van der Waals surface area contributed by atoms with Crippen LogP contribution in [-0.4, -0.2) is 11.0 Å². The minimum Gasteiger partial charge on any atom is -0.422 e. The van der Waals surface area contributed by atoms with E-state index in [-0.39, 0.29) is 29.3 Å². The highest BCUT2D eigenvalue weighted by Gasteiger charge is 2.25. The molecule has 2 aromatic rings. The molecule has 0 atom stereocenters. The van der Waals surface area contributed by atoms with E-state index in [0.29, 0.717) is 11.4 Å². The fourth-order valence-corrected chi connectivity index (χ4v) is 2.64. The van der Waals surface area contributed by atoms with Crippen LogP contribution in [0.25, 0.3) is 0 Å². The quantitative estimate of drug-likeness (QED) is 0.656. The van der Waals surface area contributed by atoms with Crippen LogP contribution >= 0.6 is 0 Å². The van der Waals surface area contributed by atoms with E-state index in [4.69, 9.17) is 16.2 Å². The number of carbonyl (C=O) groups excluding carboxylic acids is 1. The first-order valence-corrected chi connectivity index (χ1v) is 7.88. The second kappa shape index (κ2) is 7.08. The van der Waals surface area contributed by atoms with Crippen LogP contribution in [0.5, 0.6) is 5.75 Å². The van der Waals surface area contributed by atoms with Crippen molar-refractivity contribution in [3.8, 4) is 5.75 Å². The topological polar surface area (TPSA) is 116 Å². The predicted molar refractivity (Wildman–Crippen MR) is 91.3 cm³/mol. The fourth-order valence-electron chi connectivity index (χ4n) is 2.64. The Morgan fingerprint density at radius 2 is 1.79 bits per heavy atom. The number of nitrogens with two attached hydrogens (primary N) is 2. The van der Waals surface area contributed by atoms with Gasteiger partial charge in [-0.05, 0) is 25.0 Å². The Balaban J connectivity index is 1.80. The van der Waals surface area contributed by atoms with E-state index in [1.165, 1.54) is 6.07 Å². The maximum Gasteiger partial charge on any atom is 0.314 e. The Morgan fingerprint density at radius 1 is 1.08 bits per heavy atom. The normalized spacial score (nSPS) is 15.0. The third kappa shape index (κ3) is 3.68. The Hall–Kier alpha value is -2.96. The highest BCUT2D eigenvalue weighted by Crippen LogP contribution is 2.33. The lowest BCUT2D eigenvalue weighted by atomic mass is 10.1. The highest BCUT2D eigenvalue weighted by molar-refractivity contribution is 5.78. The average Bonchev–Trinajstić information content (AvgIpc) is 3.12. The molecule has 0 radical (unpaired) electrons. The SMILES string of the molecule is Nc1nc(N)c(OC(=O)C2CCCC2)cc1/N=N/c1ccccc1.